The van der Waals surface area contributed by atoms with Crippen LogP contribution < -0.4 is 15.5 Å². The molecule has 0 amide bonds. The summed E-state index contributed by atoms with van der Waals surface area (Å²) in [4.78, 5) is 9.78. The molecule has 0 aliphatic carbocycles. The molecule has 0 bridgehead atoms. The van der Waals surface area contributed by atoms with Crippen molar-refractivity contribution in [3.63, 3.8) is 0 Å². The van der Waals surface area contributed by atoms with Gasteiger partial charge in [0.2, 0.25) is 5.95 Å². The van der Waals surface area contributed by atoms with Crippen molar-refractivity contribution in [2.45, 2.75) is 39.9 Å². The first-order chi connectivity index (χ1) is 13.6. The fourth-order valence-corrected chi connectivity index (χ4v) is 3.70. The van der Waals surface area contributed by atoms with E-state index in [4.69, 9.17) is 16.6 Å². The van der Waals surface area contributed by atoms with Crippen LogP contribution in [0.3, 0.4) is 0 Å². The number of nitrogens with one attached hydrogen (secondary N) is 2. The molecule has 1 aliphatic heterocycles. The van der Waals surface area contributed by atoms with Crippen molar-refractivity contribution in [3.05, 3.63) is 35.4 Å². The van der Waals surface area contributed by atoms with Gasteiger partial charge < -0.3 is 20.0 Å². The number of thiocarbonyl (C=S) groups is 1. The number of nitrogens with zero attached hydrogens (tertiary/aromatic N) is 3. The number of aromatic nitrogens is 2. The third-order valence-corrected chi connectivity index (χ3v) is 4.89. The predicted octanol–water partition coefficient (Wildman–Crippen LogP) is 4.37. The maximum Gasteiger partial charge on any atom is 0.433 e. The number of aryl methyl sites for hydroxylation is 1. The van der Waals surface area contributed by atoms with Gasteiger partial charge in [-0.2, -0.15) is 18.2 Å². The van der Waals surface area contributed by atoms with Crippen LogP contribution in [0.15, 0.2) is 22.6 Å². The molecule has 0 radical (unpaired) electrons. The van der Waals surface area contributed by atoms with Crippen molar-refractivity contribution < 1.29 is 17.6 Å². The van der Waals surface area contributed by atoms with Crippen LogP contribution in [-0.4, -0.2) is 28.2 Å². The Morgan fingerprint density at radius 3 is 2.52 bits per heavy atom. The molecule has 3 heterocycles. The first-order valence-electron chi connectivity index (χ1n) is 9.41. The van der Waals surface area contributed by atoms with Crippen LogP contribution >= 0.6 is 12.2 Å². The number of hydrogen-bond donors (Lipinski definition) is 2. The van der Waals surface area contributed by atoms with Crippen LogP contribution in [0.5, 0.6) is 0 Å². The summed E-state index contributed by atoms with van der Waals surface area (Å²) in [5.74, 6) is 2.23. The molecule has 158 valence electrons. The first-order valence-corrected chi connectivity index (χ1v) is 9.82. The van der Waals surface area contributed by atoms with Gasteiger partial charge in [-0.25, -0.2) is 4.98 Å². The SMILES string of the molecule is Cc1ccc(CNC(=S)Nc2nc(N3C[C@@H](C)C[C@H](C)C3)cc(C(F)(F)F)n2)o1. The molecule has 2 aromatic rings. The van der Waals surface area contributed by atoms with Crippen LogP contribution in [0.2, 0.25) is 0 Å². The highest BCUT2D eigenvalue weighted by Gasteiger charge is 2.35. The quantitative estimate of drug-likeness (QED) is 0.703. The van der Waals surface area contributed by atoms with E-state index in [2.05, 4.69) is 34.4 Å². The molecule has 29 heavy (non-hydrogen) atoms. The Balaban J connectivity index is 1.77. The minimum absolute atomic E-state index is 0.115. The summed E-state index contributed by atoms with van der Waals surface area (Å²) in [5.41, 5.74) is -1.000. The molecule has 2 atom stereocenters. The zero-order chi connectivity index (χ0) is 21.2. The van der Waals surface area contributed by atoms with Crippen LogP contribution in [-0.2, 0) is 12.7 Å². The largest absolute Gasteiger partial charge is 0.465 e. The highest BCUT2D eigenvalue weighted by molar-refractivity contribution is 7.80. The van der Waals surface area contributed by atoms with Crippen LogP contribution in [0, 0.1) is 18.8 Å². The zero-order valence-corrected chi connectivity index (χ0v) is 17.3. The van der Waals surface area contributed by atoms with Crippen molar-refractivity contribution in [3.8, 4) is 0 Å². The lowest BCUT2D eigenvalue weighted by atomic mass is 9.92. The highest BCUT2D eigenvalue weighted by atomic mass is 32.1. The Morgan fingerprint density at radius 1 is 1.24 bits per heavy atom. The minimum Gasteiger partial charge on any atom is -0.465 e. The van der Waals surface area contributed by atoms with E-state index in [0.717, 1.165) is 18.2 Å². The van der Waals surface area contributed by atoms with E-state index >= 15 is 0 Å². The van der Waals surface area contributed by atoms with Gasteiger partial charge in [-0.1, -0.05) is 13.8 Å². The second-order valence-corrected chi connectivity index (χ2v) is 8.01. The van der Waals surface area contributed by atoms with Gasteiger partial charge in [-0.05, 0) is 49.5 Å². The Morgan fingerprint density at radius 2 is 1.93 bits per heavy atom. The number of hydrogen-bond acceptors (Lipinski definition) is 5. The first kappa shape index (κ1) is 21.4. The topological polar surface area (TPSA) is 66.2 Å². The molecule has 2 N–H and O–H groups in total. The zero-order valence-electron chi connectivity index (χ0n) is 16.5. The molecule has 1 aliphatic rings. The van der Waals surface area contributed by atoms with Crippen LogP contribution in [0.1, 0.15) is 37.5 Å². The number of halogens is 3. The molecule has 6 nitrogen and oxygen atoms in total. The molecule has 10 heteroatoms. The summed E-state index contributed by atoms with van der Waals surface area (Å²) >= 11 is 5.18. The van der Waals surface area contributed by atoms with Gasteiger partial charge in [0.1, 0.15) is 17.3 Å². The average Bonchev–Trinajstić information content (AvgIpc) is 3.03. The number of piperidine rings is 1. The second-order valence-electron chi connectivity index (χ2n) is 7.60. The van der Waals surface area contributed by atoms with E-state index in [0.29, 0.717) is 37.2 Å². The number of furan rings is 1. The van der Waals surface area contributed by atoms with Crippen molar-refractivity contribution in [1.82, 2.24) is 15.3 Å². The van der Waals surface area contributed by atoms with E-state index in [-0.39, 0.29) is 16.9 Å². The second kappa shape index (κ2) is 8.56. The Labute approximate surface area is 172 Å². The Hall–Kier alpha value is -2.36. The van der Waals surface area contributed by atoms with E-state index in [9.17, 15) is 13.2 Å². The maximum absolute atomic E-state index is 13.4. The third kappa shape index (κ3) is 5.81. The summed E-state index contributed by atoms with van der Waals surface area (Å²) < 4.78 is 45.6. The minimum atomic E-state index is -4.58. The van der Waals surface area contributed by atoms with Crippen LogP contribution in [0.4, 0.5) is 24.9 Å². The number of alkyl halides is 3. The standard InChI is InChI=1S/C19H24F3N5OS/c1-11-6-12(2)10-27(9-11)16-7-15(19(20,21)22)24-17(25-16)26-18(29)23-8-14-5-4-13(3)28-14/h4-5,7,11-12H,6,8-10H2,1-3H3,(H2,23,24,25,26,29)/t11-,12-/m0/s1. The van der Waals surface area contributed by atoms with Gasteiger partial charge in [-0.15, -0.1) is 0 Å². The summed E-state index contributed by atoms with van der Waals surface area (Å²) in [6.45, 7) is 7.59. The lowest BCUT2D eigenvalue weighted by Crippen LogP contribution is -2.39. The van der Waals surface area contributed by atoms with Gasteiger partial charge in [0.15, 0.2) is 10.8 Å². The summed E-state index contributed by atoms with van der Waals surface area (Å²) in [7, 11) is 0. The van der Waals surface area contributed by atoms with Crippen molar-refractivity contribution in [1.29, 1.82) is 0 Å². The normalized spacial score (nSPS) is 19.9. The molecule has 0 unspecified atom stereocenters. The molecule has 1 fully saturated rings. The molecule has 3 rings (SSSR count). The number of anilines is 2. The average molecular weight is 427 g/mol. The fourth-order valence-electron chi connectivity index (χ4n) is 3.54. The molecule has 0 spiro atoms. The lowest BCUT2D eigenvalue weighted by Gasteiger charge is -2.36. The van der Waals surface area contributed by atoms with Crippen molar-refractivity contribution in [2.24, 2.45) is 11.8 Å². The third-order valence-electron chi connectivity index (χ3n) is 4.64. The van der Waals surface area contributed by atoms with E-state index in [1.807, 2.05) is 17.9 Å². The highest BCUT2D eigenvalue weighted by Crippen LogP contribution is 2.32. The molecular weight excluding hydrogens is 403 g/mol. The summed E-state index contributed by atoms with van der Waals surface area (Å²) in [6.07, 6.45) is -3.54. The van der Waals surface area contributed by atoms with Crippen molar-refractivity contribution in [2.75, 3.05) is 23.3 Å². The van der Waals surface area contributed by atoms with E-state index < -0.39 is 11.9 Å². The van der Waals surface area contributed by atoms with Crippen molar-refractivity contribution >= 4 is 29.1 Å². The fraction of sp³-hybridized carbons (Fsp3) is 0.526. The molecular formula is C19H24F3N5OS. The summed E-state index contributed by atoms with van der Waals surface area (Å²) in [5, 5.41) is 5.66. The monoisotopic (exact) mass is 427 g/mol. The van der Waals surface area contributed by atoms with E-state index in [1.165, 1.54) is 0 Å². The molecule has 2 aromatic heterocycles. The van der Waals surface area contributed by atoms with Gasteiger partial charge in [0, 0.05) is 19.2 Å². The molecule has 0 saturated carbocycles. The number of rotatable bonds is 4. The lowest BCUT2D eigenvalue weighted by molar-refractivity contribution is -0.141. The Bertz CT molecular complexity index is 860. The smallest absolute Gasteiger partial charge is 0.433 e. The van der Waals surface area contributed by atoms with Gasteiger partial charge >= 0.3 is 6.18 Å². The van der Waals surface area contributed by atoms with Gasteiger partial charge in [0.25, 0.3) is 0 Å². The Kier molecular flexibility index (Phi) is 6.30. The molecule has 0 aromatic carbocycles. The van der Waals surface area contributed by atoms with Gasteiger partial charge in [-0.3, -0.25) is 0 Å². The maximum atomic E-state index is 13.4. The van der Waals surface area contributed by atoms with E-state index in [1.54, 1.807) is 6.07 Å². The molecule has 1 saturated heterocycles. The van der Waals surface area contributed by atoms with Gasteiger partial charge in [0.05, 0.1) is 6.54 Å². The van der Waals surface area contributed by atoms with Crippen LogP contribution in [0.25, 0.3) is 0 Å². The predicted molar refractivity (Wildman–Crippen MR) is 109 cm³/mol. The summed E-state index contributed by atoms with van der Waals surface area (Å²) in [6, 6.07) is 4.61.